The van der Waals surface area contributed by atoms with Crippen LogP contribution >= 0.6 is 0 Å². The summed E-state index contributed by atoms with van der Waals surface area (Å²) in [4.78, 5) is 11.0. The summed E-state index contributed by atoms with van der Waals surface area (Å²) in [5.41, 5.74) is 3.32. The van der Waals surface area contributed by atoms with Crippen molar-refractivity contribution in [2.24, 2.45) is 0 Å². The van der Waals surface area contributed by atoms with Crippen LogP contribution in [-0.2, 0) is 9.53 Å². The predicted molar refractivity (Wildman–Crippen MR) is 54.7 cm³/mol. The maximum atomic E-state index is 11.0. The quantitative estimate of drug-likeness (QED) is 0.685. The Bertz CT molecular complexity index is 179. The fraction of sp³-hybridized carbons (Fsp3) is 0.900. The highest BCUT2D eigenvalue weighted by molar-refractivity contribution is 5.69. The number of hydrogen-bond donors (Lipinski definition) is 1. The third-order valence-corrected chi connectivity index (χ3v) is 2.46. The van der Waals surface area contributed by atoms with Gasteiger partial charge in [-0.15, -0.1) is 0 Å². The highest BCUT2D eigenvalue weighted by Gasteiger charge is 2.14. The third-order valence-electron chi connectivity index (χ3n) is 2.46. The van der Waals surface area contributed by atoms with Gasteiger partial charge >= 0.3 is 5.97 Å². The third kappa shape index (κ3) is 4.07. The van der Waals surface area contributed by atoms with Crippen LogP contribution in [0.1, 0.15) is 32.6 Å². The fourth-order valence-electron chi connectivity index (χ4n) is 1.71. The molecule has 0 aromatic heterocycles. The molecule has 1 rings (SSSR count). The number of esters is 1. The number of hydrogen-bond acceptors (Lipinski definition) is 4. The topological polar surface area (TPSA) is 41.6 Å². The van der Waals surface area contributed by atoms with Crippen LogP contribution in [0, 0.1) is 0 Å². The van der Waals surface area contributed by atoms with Crippen molar-refractivity contribution >= 4 is 5.97 Å². The van der Waals surface area contributed by atoms with Gasteiger partial charge in [-0.3, -0.25) is 10.2 Å². The molecule has 0 aliphatic carbocycles. The first kappa shape index (κ1) is 11.5. The van der Waals surface area contributed by atoms with Gasteiger partial charge in [0.05, 0.1) is 13.5 Å². The van der Waals surface area contributed by atoms with Crippen LogP contribution in [-0.4, -0.2) is 37.2 Å². The molecule has 0 radical (unpaired) electrons. The highest BCUT2D eigenvalue weighted by atomic mass is 16.5. The zero-order valence-electron chi connectivity index (χ0n) is 9.08. The van der Waals surface area contributed by atoms with Gasteiger partial charge < -0.3 is 4.74 Å². The second-order valence-electron chi connectivity index (χ2n) is 3.86. The molecule has 14 heavy (non-hydrogen) atoms. The monoisotopic (exact) mass is 200 g/mol. The number of nitrogens with zero attached hydrogens (tertiary/aromatic N) is 1. The lowest BCUT2D eigenvalue weighted by Gasteiger charge is -2.29. The van der Waals surface area contributed by atoms with Crippen molar-refractivity contribution in [1.82, 2.24) is 10.4 Å². The van der Waals surface area contributed by atoms with Gasteiger partial charge in [0.1, 0.15) is 0 Å². The van der Waals surface area contributed by atoms with Gasteiger partial charge in [0.15, 0.2) is 0 Å². The van der Waals surface area contributed by atoms with E-state index >= 15 is 0 Å². The minimum absolute atomic E-state index is 0.151. The van der Waals surface area contributed by atoms with E-state index in [2.05, 4.69) is 15.2 Å². The van der Waals surface area contributed by atoms with E-state index in [0.29, 0.717) is 6.42 Å². The van der Waals surface area contributed by atoms with Crippen LogP contribution in [0.3, 0.4) is 0 Å². The molecule has 1 atom stereocenters. The normalized spacial score (nSPS) is 20.4. The van der Waals surface area contributed by atoms with Crippen molar-refractivity contribution in [2.45, 2.75) is 38.6 Å². The SMILES string of the molecule is COC(=O)CC(C)NN1CCCCC1. The maximum absolute atomic E-state index is 11.0. The van der Waals surface area contributed by atoms with Crippen LogP contribution in [0.5, 0.6) is 0 Å². The minimum atomic E-state index is -0.151. The molecule has 1 fully saturated rings. The average molecular weight is 200 g/mol. The summed E-state index contributed by atoms with van der Waals surface area (Å²) in [6.07, 6.45) is 4.26. The summed E-state index contributed by atoms with van der Waals surface area (Å²) in [6.45, 7) is 4.18. The zero-order chi connectivity index (χ0) is 10.4. The first-order chi connectivity index (χ1) is 6.72. The van der Waals surface area contributed by atoms with Gasteiger partial charge in [0, 0.05) is 19.1 Å². The summed E-state index contributed by atoms with van der Waals surface area (Å²) in [5.74, 6) is -0.151. The standard InChI is InChI=1S/C10H20N2O2/c1-9(8-10(13)14-2)11-12-6-4-3-5-7-12/h9,11H,3-8H2,1-2H3. The van der Waals surface area contributed by atoms with Crippen molar-refractivity contribution in [3.63, 3.8) is 0 Å². The molecular weight excluding hydrogens is 180 g/mol. The molecule has 4 heteroatoms. The van der Waals surface area contributed by atoms with E-state index < -0.39 is 0 Å². The fourth-order valence-corrected chi connectivity index (χ4v) is 1.71. The van der Waals surface area contributed by atoms with Crippen LogP contribution in [0.15, 0.2) is 0 Å². The first-order valence-electron chi connectivity index (χ1n) is 5.30. The van der Waals surface area contributed by atoms with E-state index in [0.717, 1.165) is 13.1 Å². The maximum Gasteiger partial charge on any atom is 0.307 e. The van der Waals surface area contributed by atoms with Crippen molar-refractivity contribution in [2.75, 3.05) is 20.2 Å². The van der Waals surface area contributed by atoms with Crippen molar-refractivity contribution in [3.8, 4) is 0 Å². The van der Waals surface area contributed by atoms with Crippen molar-refractivity contribution in [1.29, 1.82) is 0 Å². The Kier molecular flexibility index (Phi) is 4.90. The summed E-state index contributed by atoms with van der Waals surface area (Å²) >= 11 is 0. The minimum Gasteiger partial charge on any atom is -0.469 e. The van der Waals surface area contributed by atoms with E-state index in [4.69, 9.17) is 0 Å². The number of nitrogens with one attached hydrogen (secondary N) is 1. The molecule has 1 aliphatic heterocycles. The molecule has 0 aromatic carbocycles. The molecule has 4 nitrogen and oxygen atoms in total. The molecular formula is C10H20N2O2. The lowest BCUT2D eigenvalue weighted by atomic mass is 10.1. The molecule has 1 N–H and O–H groups in total. The van der Waals surface area contributed by atoms with E-state index in [1.807, 2.05) is 6.92 Å². The van der Waals surface area contributed by atoms with Crippen LogP contribution in [0.4, 0.5) is 0 Å². The number of carbonyl (C=O) groups excluding carboxylic acids is 1. The lowest BCUT2D eigenvalue weighted by Crippen LogP contribution is -2.46. The second kappa shape index (κ2) is 5.98. The molecule has 0 saturated carbocycles. The largest absolute Gasteiger partial charge is 0.469 e. The Labute approximate surface area is 85.6 Å². The molecule has 0 amide bonds. The summed E-state index contributed by atoms with van der Waals surface area (Å²) < 4.78 is 4.61. The number of piperidine rings is 1. The van der Waals surface area contributed by atoms with Crippen molar-refractivity contribution in [3.05, 3.63) is 0 Å². The molecule has 1 saturated heterocycles. The Morgan fingerprint density at radius 2 is 2.07 bits per heavy atom. The van der Waals surface area contributed by atoms with Gasteiger partial charge in [0.2, 0.25) is 0 Å². The van der Waals surface area contributed by atoms with Gasteiger partial charge in [-0.25, -0.2) is 5.01 Å². The number of hydrazine groups is 1. The Morgan fingerprint density at radius 3 is 2.64 bits per heavy atom. The summed E-state index contributed by atoms with van der Waals surface area (Å²) in [6, 6.07) is 0.167. The smallest absolute Gasteiger partial charge is 0.307 e. The average Bonchev–Trinajstić information content (AvgIpc) is 2.19. The predicted octanol–water partition coefficient (Wildman–Crippen LogP) is 0.928. The molecule has 1 unspecified atom stereocenters. The number of ether oxygens (including phenoxy) is 1. The Morgan fingerprint density at radius 1 is 1.43 bits per heavy atom. The molecule has 1 aliphatic rings. The van der Waals surface area contributed by atoms with Gasteiger partial charge in [0.25, 0.3) is 0 Å². The summed E-state index contributed by atoms with van der Waals surface area (Å²) in [5, 5.41) is 2.21. The van der Waals surface area contributed by atoms with E-state index in [9.17, 15) is 4.79 Å². The highest BCUT2D eigenvalue weighted by Crippen LogP contribution is 2.07. The lowest BCUT2D eigenvalue weighted by molar-refractivity contribution is -0.141. The molecule has 0 spiro atoms. The number of methoxy groups -OCH3 is 1. The molecule has 82 valence electrons. The second-order valence-corrected chi connectivity index (χ2v) is 3.86. The van der Waals surface area contributed by atoms with Crippen LogP contribution in [0.25, 0.3) is 0 Å². The first-order valence-corrected chi connectivity index (χ1v) is 5.30. The number of rotatable bonds is 4. The van der Waals surface area contributed by atoms with E-state index in [-0.39, 0.29) is 12.0 Å². The molecule has 0 aromatic rings. The number of carbonyl (C=O) groups is 1. The van der Waals surface area contributed by atoms with Gasteiger partial charge in [-0.1, -0.05) is 6.42 Å². The Hall–Kier alpha value is -0.610. The van der Waals surface area contributed by atoms with Gasteiger partial charge in [-0.05, 0) is 19.8 Å². The Balaban J connectivity index is 2.18. The van der Waals surface area contributed by atoms with Crippen LogP contribution < -0.4 is 5.43 Å². The van der Waals surface area contributed by atoms with Gasteiger partial charge in [-0.2, -0.15) is 0 Å². The molecule has 0 bridgehead atoms. The molecule has 1 heterocycles. The van der Waals surface area contributed by atoms with E-state index in [1.165, 1.54) is 26.4 Å². The van der Waals surface area contributed by atoms with Crippen LogP contribution in [0.2, 0.25) is 0 Å². The van der Waals surface area contributed by atoms with E-state index in [1.54, 1.807) is 0 Å². The summed E-state index contributed by atoms with van der Waals surface area (Å²) in [7, 11) is 1.43. The zero-order valence-corrected chi connectivity index (χ0v) is 9.08. The van der Waals surface area contributed by atoms with Crippen molar-refractivity contribution < 1.29 is 9.53 Å².